The van der Waals surface area contributed by atoms with Gasteiger partial charge in [0.25, 0.3) is 5.56 Å². The Hall–Kier alpha value is -4.54. The van der Waals surface area contributed by atoms with Crippen LogP contribution in [0.15, 0.2) is 58.4 Å². The minimum atomic E-state index is -4.18. The fourth-order valence-electron chi connectivity index (χ4n) is 6.61. The second kappa shape index (κ2) is 14.0. The highest BCUT2D eigenvalue weighted by atomic mass is 35.5. The zero-order valence-corrected chi connectivity index (χ0v) is 30.1. The maximum atomic E-state index is 17.8. The van der Waals surface area contributed by atoms with Crippen LogP contribution in [0.25, 0.3) is 38.6 Å². The van der Waals surface area contributed by atoms with Crippen LogP contribution in [0.1, 0.15) is 37.9 Å². The molecule has 13 heteroatoms. The van der Waals surface area contributed by atoms with E-state index in [1.165, 1.54) is 6.07 Å². The lowest BCUT2D eigenvalue weighted by molar-refractivity contribution is 0.0429. The van der Waals surface area contributed by atoms with Crippen molar-refractivity contribution in [2.75, 3.05) is 56.4 Å². The number of aromatic nitrogens is 3. The van der Waals surface area contributed by atoms with Gasteiger partial charge in [-0.25, -0.2) is 17.8 Å². The summed E-state index contributed by atoms with van der Waals surface area (Å²) in [5.41, 5.74) is 6.87. The number of aryl methyl sites for hydroxylation is 1. The topological polar surface area (TPSA) is 124 Å². The predicted octanol–water partition coefficient (Wildman–Crippen LogP) is 5.93. The highest BCUT2D eigenvalue weighted by Gasteiger charge is 2.34. The molecule has 50 heavy (non-hydrogen) atoms. The first-order chi connectivity index (χ1) is 23.8. The summed E-state index contributed by atoms with van der Waals surface area (Å²) in [6.45, 7) is 9.65. The lowest BCUT2D eigenvalue weighted by Crippen LogP contribution is -2.48. The fourth-order valence-corrected chi connectivity index (χ4v) is 7.89. The van der Waals surface area contributed by atoms with Crippen molar-refractivity contribution in [1.29, 1.82) is 0 Å². The molecule has 1 fully saturated rings. The monoisotopic (exact) mass is 716 g/mol. The van der Waals surface area contributed by atoms with Crippen LogP contribution >= 0.6 is 11.6 Å². The van der Waals surface area contributed by atoms with Gasteiger partial charge in [-0.3, -0.25) is 19.2 Å². The maximum absolute atomic E-state index is 17.8. The Morgan fingerprint density at radius 1 is 1.08 bits per heavy atom. The summed E-state index contributed by atoms with van der Waals surface area (Å²) in [6.07, 6.45) is 2.61. The third kappa shape index (κ3) is 6.42. The number of sulfone groups is 1. The number of nitrogens with zero attached hydrogens (tertiary/aromatic N) is 5. The predicted molar refractivity (Wildman–Crippen MR) is 197 cm³/mol. The number of fused-ring (bicyclic) bond motifs is 2. The molecule has 2 N–H and O–H groups in total. The molecule has 0 unspecified atom stereocenters. The van der Waals surface area contributed by atoms with E-state index in [0.29, 0.717) is 61.8 Å². The minimum Gasteiger partial charge on any atom is -0.384 e. The van der Waals surface area contributed by atoms with E-state index in [-0.39, 0.29) is 44.6 Å². The standard InChI is InChI=1S/C37H38ClFN6O4S/c1-6-7-18-49-21-43-14-16-44(17-15-43)35-26-20-27(38)29(32-25-11-9-8-10-24(25)19-28(40)42-32)30(39)34(26)45(37(46)36(35)50(5,47)48)33-23(4)12-13-41-31(33)22(2)3/h8-13,19-20,22H,14-18,21H2,1-5H3,(H2,40,42). The third-order valence-electron chi connectivity index (χ3n) is 8.89. The van der Waals surface area contributed by atoms with E-state index < -0.39 is 26.1 Å². The molecular weight excluding hydrogens is 679 g/mol. The average Bonchev–Trinajstić information content (AvgIpc) is 3.06. The number of hydrogen-bond donors (Lipinski definition) is 1. The van der Waals surface area contributed by atoms with E-state index in [4.69, 9.17) is 22.1 Å². The van der Waals surface area contributed by atoms with Crippen LogP contribution in [-0.4, -0.2) is 73.6 Å². The molecule has 1 aliphatic heterocycles. The van der Waals surface area contributed by atoms with Crippen LogP contribution in [0.3, 0.4) is 0 Å². The molecule has 0 radical (unpaired) electrons. The molecule has 0 bridgehead atoms. The highest BCUT2D eigenvalue weighted by molar-refractivity contribution is 7.90. The van der Waals surface area contributed by atoms with Crippen molar-refractivity contribution in [3.8, 4) is 28.8 Å². The molecule has 1 saturated heterocycles. The second-order valence-electron chi connectivity index (χ2n) is 12.7. The number of halogens is 2. The SMILES string of the molecule is CC#CCOCN1CCN(c2c(S(C)(=O)=O)c(=O)n(-c3c(C)ccnc3C(C)C)c3c(F)c(-c4nc(N)cc5ccccc45)c(Cl)cc23)CC1. The van der Waals surface area contributed by atoms with Crippen molar-refractivity contribution in [3.05, 3.63) is 81.1 Å². The quantitative estimate of drug-likeness (QED) is 0.154. The van der Waals surface area contributed by atoms with E-state index in [0.717, 1.165) is 16.2 Å². The number of benzene rings is 2. The molecule has 10 nitrogen and oxygen atoms in total. The Bertz CT molecular complexity index is 2380. The van der Waals surface area contributed by atoms with Gasteiger partial charge in [-0.2, -0.15) is 0 Å². The van der Waals surface area contributed by atoms with Gasteiger partial charge in [-0.05, 0) is 48.9 Å². The van der Waals surface area contributed by atoms with Crippen molar-refractivity contribution in [1.82, 2.24) is 19.4 Å². The Labute approximate surface area is 295 Å². The fraction of sp³-hybridized carbons (Fsp3) is 0.324. The van der Waals surface area contributed by atoms with E-state index in [1.807, 2.05) is 30.9 Å². The molecule has 3 aromatic heterocycles. The zero-order valence-electron chi connectivity index (χ0n) is 28.5. The second-order valence-corrected chi connectivity index (χ2v) is 15.0. The summed E-state index contributed by atoms with van der Waals surface area (Å²) >= 11 is 7.01. The molecule has 5 aromatic rings. The van der Waals surface area contributed by atoms with Crippen LogP contribution in [0.4, 0.5) is 15.9 Å². The molecule has 6 rings (SSSR count). The van der Waals surface area contributed by atoms with Gasteiger partial charge >= 0.3 is 0 Å². The van der Waals surface area contributed by atoms with Crippen molar-refractivity contribution in [2.24, 2.45) is 0 Å². The van der Waals surface area contributed by atoms with Gasteiger partial charge in [0.15, 0.2) is 20.5 Å². The van der Waals surface area contributed by atoms with Crippen LogP contribution < -0.4 is 16.2 Å². The van der Waals surface area contributed by atoms with E-state index in [9.17, 15) is 13.2 Å². The van der Waals surface area contributed by atoms with Crippen LogP contribution in [-0.2, 0) is 14.6 Å². The number of rotatable bonds is 8. The van der Waals surface area contributed by atoms with Gasteiger partial charge in [0.05, 0.1) is 38.9 Å². The van der Waals surface area contributed by atoms with Gasteiger partial charge in [0.2, 0.25) is 0 Å². The number of hydrogen-bond acceptors (Lipinski definition) is 9. The molecule has 4 heterocycles. The Morgan fingerprint density at radius 3 is 2.48 bits per heavy atom. The van der Waals surface area contributed by atoms with Crippen molar-refractivity contribution in [3.63, 3.8) is 0 Å². The first-order valence-corrected chi connectivity index (χ1v) is 18.5. The molecule has 260 valence electrons. The van der Waals surface area contributed by atoms with Crippen molar-refractivity contribution < 1.29 is 17.5 Å². The number of ether oxygens (including phenoxy) is 1. The van der Waals surface area contributed by atoms with E-state index >= 15 is 4.39 Å². The van der Waals surface area contributed by atoms with Gasteiger partial charge < -0.3 is 15.4 Å². The third-order valence-corrected chi connectivity index (χ3v) is 10.3. The summed E-state index contributed by atoms with van der Waals surface area (Å²) in [5, 5.41) is 1.49. The molecule has 0 saturated carbocycles. The summed E-state index contributed by atoms with van der Waals surface area (Å²) in [6, 6.07) is 12.2. The Balaban J connectivity index is 1.71. The molecular formula is C37H38ClFN6O4S. The van der Waals surface area contributed by atoms with Crippen LogP contribution in [0, 0.1) is 24.6 Å². The lowest BCUT2D eigenvalue weighted by Gasteiger charge is -2.37. The molecule has 0 spiro atoms. The van der Waals surface area contributed by atoms with Gasteiger partial charge in [-0.1, -0.05) is 55.6 Å². The minimum absolute atomic E-state index is 0.0137. The number of piperazine rings is 1. The first kappa shape index (κ1) is 35.3. The van der Waals surface area contributed by atoms with Crippen molar-refractivity contribution in [2.45, 2.75) is 38.5 Å². The number of pyridine rings is 3. The van der Waals surface area contributed by atoms with Crippen LogP contribution in [0.5, 0.6) is 0 Å². The average molecular weight is 717 g/mol. The maximum Gasteiger partial charge on any atom is 0.276 e. The Morgan fingerprint density at radius 2 is 1.80 bits per heavy atom. The van der Waals surface area contributed by atoms with E-state index in [1.54, 1.807) is 44.3 Å². The largest absolute Gasteiger partial charge is 0.384 e. The number of nitrogen functional groups attached to an aromatic ring is 1. The molecule has 0 aliphatic carbocycles. The van der Waals surface area contributed by atoms with Crippen LogP contribution in [0.2, 0.25) is 5.02 Å². The summed E-state index contributed by atoms with van der Waals surface area (Å²) < 4.78 is 52.0. The molecule has 2 aromatic carbocycles. The smallest absolute Gasteiger partial charge is 0.276 e. The summed E-state index contributed by atoms with van der Waals surface area (Å²) in [7, 11) is -4.18. The first-order valence-electron chi connectivity index (χ1n) is 16.2. The zero-order chi connectivity index (χ0) is 35.9. The highest BCUT2D eigenvalue weighted by Crippen LogP contribution is 2.43. The van der Waals surface area contributed by atoms with Gasteiger partial charge in [0, 0.05) is 49.4 Å². The molecule has 0 amide bonds. The van der Waals surface area contributed by atoms with Gasteiger partial charge in [-0.15, -0.1) is 5.92 Å². The summed E-state index contributed by atoms with van der Waals surface area (Å²) in [5.74, 6) is 4.79. The van der Waals surface area contributed by atoms with Crippen molar-refractivity contribution >= 4 is 54.6 Å². The number of nitrogens with two attached hydrogens (primary N) is 1. The normalized spacial score (nSPS) is 14.0. The molecule has 0 atom stereocenters. The Kier molecular flexibility index (Phi) is 9.88. The lowest BCUT2D eigenvalue weighted by atomic mass is 9.99. The van der Waals surface area contributed by atoms with E-state index in [2.05, 4.69) is 26.7 Å². The summed E-state index contributed by atoms with van der Waals surface area (Å²) in [4.78, 5) is 27.4. The van der Waals surface area contributed by atoms with Gasteiger partial charge in [0.1, 0.15) is 19.2 Å². The number of anilines is 2. The molecule has 1 aliphatic rings.